The smallest absolute Gasteiger partial charge is 0.193 e. The van der Waals surface area contributed by atoms with E-state index in [0.717, 1.165) is 35.8 Å². The third-order valence-corrected chi connectivity index (χ3v) is 5.61. The summed E-state index contributed by atoms with van der Waals surface area (Å²) in [7, 11) is 1.65. The van der Waals surface area contributed by atoms with E-state index in [1.807, 2.05) is 30.3 Å². The Hall–Kier alpha value is -2.16. The fraction of sp³-hybridized carbons (Fsp3) is 0.409. The molecule has 1 aliphatic heterocycles. The first-order chi connectivity index (χ1) is 13.7. The van der Waals surface area contributed by atoms with Gasteiger partial charge in [-0.3, -0.25) is 4.99 Å². The van der Waals surface area contributed by atoms with Gasteiger partial charge in [0.2, 0.25) is 0 Å². The van der Waals surface area contributed by atoms with E-state index in [0.29, 0.717) is 25.7 Å². The molecule has 3 N–H and O–H groups in total. The average molecular weight is 509 g/mol. The molecule has 1 heterocycles. The van der Waals surface area contributed by atoms with Crippen LogP contribution in [0.3, 0.4) is 0 Å². The highest BCUT2D eigenvalue weighted by molar-refractivity contribution is 14.0. The Bertz CT molecular complexity index is 866. The molecule has 1 saturated carbocycles. The third kappa shape index (κ3) is 4.88. The Labute approximate surface area is 188 Å². The van der Waals surface area contributed by atoms with Crippen molar-refractivity contribution >= 4 is 35.6 Å². The van der Waals surface area contributed by atoms with Crippen molar-refractivity contribution in [2.45, 2.75) is 31.1 Å². The van der Waals surface area contributed by atoms with Gasteiger partial charge in [0.15, 0.2) is 17.5 Å². The summed E-state index contributed by atoms with van der Waals surface area (Å²) in [5, 5.41) is 3.16. The number of ether oxygens (including phenoxy) is 3. The van der Waals surface area contributed by atoms with Crippen LogP contribution in [0.5, 0.6) is 17.2 Å². The molecule has 2 aliphatic rings. The van der Waals surface area contributed by atoms with Gasteiger partial charge in [-0.1, -0.05) is 25.0 Å². The highest BCUT2D eigenvalue weighted by atomic mass is 127. The van der Waals surface area contributed by atoms with Crippen LogP contribution in [0.15, 0.2) is 47.5 Å². The minimum absolute atomic E-state index is 0. The van der Waals surface area contributed by atoms with Crippen LogP contribution in [0.4, 0.5) is 5.69 Å². The number of benzene rings is 2. The maximum atomic E-state index is 6.18. The summed E-state index contributed by atoms with van der Waals surface area (Å²) in [6.07, 6.45) is 4.60. The second kappa shape index (κ2) is 9.56. The van der Waals surface area contributed by atoms with Gasteiger partial charge < -0.3 is 25.3 Å². The number of aliphatic imine (C=N–C) groups is 1. The number of halogens is 1. The zero-order chi connectivity index (χ0) is 19.4. The number of nitrogens with zero attached hydrogens (tertiary/aromatic N) is 1. The molecular formula is C22H28IN3O3. The number of fused-ring (bicyclic) bond motifs is 1. The van der Waals surface area contributed by atoms with Crippen LogP contribution in [-0.2, 0) is 5.41 Å². The first-order valence-corrected chi connectivity index (χ1v) is 9.80. The SMILES string of the molecule is COc1cccc(NC(N)=NCC2(c3ccc4c(c3)OCCO4)CCCC2)c1.I. The van der Waals surface area contributed by atoms with Crippen molar-refractivity contribution in [3.8, 4) is 17.2 Å². The fourth-order valence-corrected chi connectivity index (χ4v) is 4.09. The van der Waals surface area contributed by atoms with Gasteiger partial charge in [0.1, 0.15) is 19.0 Å². The molecule has 6 nitrogen and oxygen atoms in total. The van der Waals surface area contributed by atoms with Crippen LogP contribution in [-0.4, -0.2) is 32.8 Å². The summed E-state index contributed by atoms with van der Waals surface area (Å²) in [6.45, 7) is 1.85. The molecule has 1 aliphatic carbocycles. The van der Waals surface area contributed by atoms with E-state index in [-0.39, 0.29) is 29.4 Å². The molecule has 4 rings (SSSR count). The first kappa shape index (κ1) is 21.5. The molecule has 0 radical (unpaired) electrons. The normalized spacial score (nSPS) is 17.3. The van der Waals surface area contributed by atoms with Crippen LogP contribution in [0.25, 0.3) is 0 Å². The van der Waals surface area contributed by atoms with Crippen LogP contribution < -0.4 is 25.3 Å². The summed E-state index contributed by atoms with van der Waals surface area (Å²) in [5.41, 5.74) is 8.29. The van der Waals surface area contributed by atoms with Gasteiger partial charge in [-0.15, -0.1) is 24.0 Å². The van der Waals surface area contributed by atoms with E-state index in [4.69, 9.17) is 19.9 Å². The predicted molar refractivity (Wildman–Crippen MR) is 126 cm³/mol. The molecule has 0 bridgehead atoms. The molecular weight excluding hydrogens is 481 g/mol. The Kier molecular flexibility index (Phi) is 7.10. The molecule has 0 unspecified atom stereocenters. The van der Waals surface area contributed by atoms with Crippen molar-refractivity contribution in [1.82, 2.24) is 0 Å². The summed E-state index contributed by atoms with van der Waals surface area (Å²) in [6, 6.07) is 14.0. The minimum atomic E-state index is -0.00346. The summed E-state index contributed by atoms with van der Waals surface area (Å²) in [4.78, 5) is 4.69. The maximum Gasteiger partial charge on any atom is 0.193 e. The molecule has 2 aromatic carbocycles. The molecule has 1 fully saturated rings. The summed E-state index contributed by atoms with van der Waals surface area (Å²) < 4.78 is 16.7. The van der Waals surface area contributed by atoms with Crippen LogP contribution >= 0.6 is 24.0 Å². The molecule has 156 valence electrons. The lowest BCUT2D eigenvalue weighted by atomic mass is 9.79. The lowest BCUT2D eigenvalue weighted by Gasteiger charge is -2.29. The number of nitrogens with two attached hydrogens (primary N) is 1. The lowest BCUT2D eigenvalue weighted by Crippen LogP contribution is -2.30. The number of methoxy groups -OCH3 is 1. The van der Waals surface area contributed by atoms with Crippen molar-refractivity contribution in [2.75, 3.05) is 32.2 Å². The largest absolute Gasteiger partial charge is 0.497 e. The second-order valence-corrected chi connectivity index (χ2v) is 7.40. The molecule has 29 heavy (non-hydrogen) atoms. The molecule has 0 saturated heterocycles. The molecule has 0 atom stereocenters. The van der Waals surface area contributed by atoms with Gasteiger partial charge in [0, 0.05) is 17.2 Å². The zero-order valence-electron chi connectivity index (χ0n) is 16.6. The quantitative estimate of drug-likeness (QED) is 0.357. The third-order valence-electron chi connectivity index (χ3n) is 5.61. The Balaban J connectivity index is 0.00000240. The zero-order valence-corrected chi connectivity index (χ0v) is 19.0. The molecule has 0 amide bonds. The molecule has 0 aromatic heterocycles. The van der Waals surface area contributed by atoms with Crippen LogP contribution in [0.1, 0.15) is 31.2 Å². The first-order valence-electron chi connectivity index (χ1n) is 9.80. The predicted octanol–water partition coefficient (Wildman–Crippen LogP) is 4.32. The Morgan fingerprint density at radius 2 is 1.86 bits per heavy atom. The fourth-order valence-electron chi connectivity index (χ4n) is 4.09. The summed E-state index contributed by atoms with van der Waals surface area (Å²) in [5.74, 6) is 2.85. The van der Waals surface area contributed by atoms with Crippen LogP contribution in [0, 0.1) is 0 Å². The molecule has 0 spiro atoms. The highest BCUT2D eigenvalue weighted by Gasteiger charge is 2.36. The number of hydrogen-bond acceptors (Lipinski definition) is 4. The van der Waals surface area contributed by atoms with Gasteiger partial charge in [-0.25, -0.2) is 0 Å². The number of nitrogens with one attached hydrogen (secondary N) is 1. The monoisotopic (exact) mass is 509 g/mol. The van der Waals surface area contributed by atoms with Gasteiger partial charge in [-0.2, -0.15) is 0 Å². The van der Waals surface area contributed by atoms with Gasteiger partial charge in [0.25, 0.3) is 0 Å². The van der Waals surface area contributed by atoms with E-state index in [9.17, 15) is 0 Å². The van der Waals surface area contributed by atoms with Crippen molar-refractivity contribution in [3.05, 3.63) is 48.0 Å². The summed E-state index contributed by atoms with van der Waals surface area (Å²) >= 11 is 0. The van der Waals surface area contributed by atoms with Gasteiger partial charge in [0.05, 0.1) is 13.7 Å². The van der Waals surface area contributed by atoms with Crippen molar-refractivity contribution in [2.24, 2.45) is 10.7 Å². The van der Waals surface area contributed by atoms with E-state index in [1.165, 1.54) is 18.4 Å². The van der Waals surface area contributed by atoms with Crippen molar-refractivity contribution in [1.29, 1.82) is 0 Å². The minimum Gasteiger partial charge on any atom is -0.497 e. The molecule has 7 heteroatoms. The average Bonchev–Trinajstić information content (AvgIpc) is 3.22. The number of guanidine groups is 1. The van der Waals surface area contributed by atoms with E-state index < -0.39 is 0 Å². The van der Waals surface area contributed by atoms with Crippen LogP contribution in [0.2, 0.25) is 0 Å². The maximum absolute atomic E-state index is 6.18. The second-order valence-electron chi connectivity index (χ2n) is 7.40. The van der Waals surface area contributed by atoms with E-state index >= 15 is 0 Å². The Morgan fingerprint density at radius 1 is 1.10 bits per heavy atom. The lowest BCUT2D eigenvalue weighted by molar-refractivity contribution is 0.171. The molecule has 2 aromatic rings. The van der Waals surface area contributed by atoms with E-state index in [1.54, 1.807) is 7.11 Å². The van der Waals surface area contributed by atoms with Gasteiger partial charge >= 0.3 is 0 Å². The highest BCUT2D eigenvalue weighted by Crippen LogP contribution is 2.44. The van der Waals surface area contributed by atoms with Crippen molar-refractivity contribution in [3.63, 3.8) is 0 Å². The topological polar surface area (TPSA) is 78.1 Å². The number of rotatable bonds is 5. The van der Waals surface area contributed by atoms with E-state index in [2.05, 4.69) is 22.4 Å². The van der Waals surface area contributed by atoms with Crippen molar-refractivity contribution < 1.29 is 14.2 Å². The number of anilines is 1. The standard InChI is InChI=1S/C22H27N3O3.HI/c1-26-18-6-4-5-17(14-18)25-21(23)24-15-22(9-2-3-10-22)16-7-8-19-20(13-16)28-12-11-27-19;/h4-8,13-14H,2-3,9-12,15H2,1H3,(H3,23,24,25);1H. The number of hydrogen-bond donors (Lipinski definition) is 2. The Morgan fingerprint density at radius 3 is 2.62 bits per heavy atom. The van der Waals surface area contributed by atoms with Gasteiger partial charge in [-0.05, 0) is 42.7 Å².